The molecule has 0 spiro atoms. The number of hydrogen-bond donors (Lipinski definition) is 2. The highest BCUT2D eigenvalue weighted by Crippen LogP contribution is 2.23. The van der Waals surface area contributed by atoms with Crippen molar-refractivity contribution in [1.82, 2.24) is 15.2 Å². The first kappa shape index (κ1) is 11.2. The first-order valence-corrected chi connectivity index (χ1v) is 5.08. The van der Waals surface area contributed by atoms with Crippen LogP contribution in [0.4, 0.5) is 0 Å². The Morgan fingerprint density at radius 3 is 2.64 bits per heavy atom. The summed E-state index contributed by atoms with van der Waals surface area (Å²) in [6, 6.07) is 0.193. The second-order valence-electron chi connectivity index (χ2n) is 3.95. The average Bonchev–Trinajstić information content (AvgIpc) is 2.47. The maximum Gasteiger partial charge on any atom is 0.0670 e. The minimum atomic E-state index is 0.193. The van der Waals surface area contributed by atoms with Gasteiger partial charge >= 0.3 is 0 Å². The van der Waals surface area contributed by atoms with Gasteiger partial charge in [-0.1, -0.05) is 20.8 Å². The Balaban J connectivity index is 3.02. The SMILES string of the molecule is CCc1nn(C)cc1C(NN)C(C)C. The topological polar surface area (TPSA) is 55.9 Å². The lowest BCUT2D eigenvalue weighted by atomic mass is 9.96. The number of hydrogen-bond acceptors (Lipinski definition) is 3. The normalized spacial score (nSPS) is 13.6. The second kappa shape index (κ2) is 4.57. The van der Waals surface area contributed by atoms with E-state index in [0.29, 0.717) is 5.92 Å². The Kier molecular flexibility index (Phi) is 3.66. The smallest absolute Gasteiger partial charge is 0.0670 e. The van der Waals surface area contributed by atoms with Gasteiger partial charge in [-0.05, 0) is 12.3 Å². The standard InChI is InChI=1S/C10H20N4/c1-5-9-8(6-14(4)13-9)10(12-11)7(2)3/h6-7,10,12H,5,11H2,1-4H3. The van der Waals surface area contributed by atoms with Crippen LogP contribution in [0.1, 0.15) is 38.1 Å². The molecule has 1 aromatic heterocycles. The van der Waals surface area contributed by atoms with Crippen molar-refractivity contribution in [1.29, 1.82) is 0 Å². The van der Waals surface area contributed by atoms with Crippen molar-refractivity contribution in [2.75, 3.05) is 0 Å². The maximum absolute atomic E-state index is 5.55. The molecule has 3 N–H and O–H groups in total. The highest BCUT2D eigenvalue weighted by molar-refractivity contribution is 5.21. The molecular weight excluding hydrogens is 176 g/mol. The Hall–Kier alpha value is -0.870. The largest absolute Gasteiger partial charge is 0.275 e. The van der Waals surface area contributed by atoms with Crippen LogP contribution in [0.15, 0.2) is 6.20 Å². The zero-order valence-corrected chi connectivity index (χ0v) is 9.41. The fraction of sp³-hybridized carbons (Fsp3) is 0.700. The predicted molar refractivity (Wildman–Crippen MR) is 57.5 cm³/mol. The molecule has 1 rings (SSSR count). The Bertz CT molecular complexity index is 290. The van der Waals surface area contributed by atoms with Gasteiger partial charge in [-0.2, -0.15) is 5.10 Å². The Labute approximate surface area is 85.5 Å². The highest BCUT2D eigenvalue weighted by Gasteiger charge is 2.19. The molecule has 1 aromatic rings. The average molecular weight is 196 g/mol. The number of aromatic nitrogens is 2. The molecule has 0 bridgehead atoms. The van der Waals surface area contributed by atoms with E-state index in [1.165, 1.54) is 5.56 Å². The molecule has 4 heteroatoms. The fourth-order valence-electron chi connectivity index (χ4n) is 1.73. The predicted octanol–water partition coefficient (Wildman–Crippen LogP) is 1.14. The molecule has 4 nitrogen and oxygen atoms in total. The van der Waals surface area contributed by atoms with Gasteiger partial charge in [0.25, 0.3) is 0 Å². The van der Waals surface area contributed by atoms with Crippen LogP contribution >= 0.6 is 0 Å². The molecule has 0 fully saturated rings. The molecule has 0 aliphatic carbocycles. The van der Waals surface area contributed by atoms with E-state index in [1.54, 1.807) is 0 Å². The van der Waals surface area contributed by atoms with Gasteiger partial charge in [0.15, 0.2) is 0 Å². The lowest BCUT2D eigenvalue weighted by molar-refractivity contribution is 0.418. The van der Waals surface area contributed by atoms with E-state index in [1.807, 2.05) is 17.9 Å². The van der Waals surface area contributed by atoms with Gasteiger partial charge in [0, 0.05) is 18.8 Å². The highest BCUT2D eigenvalue weighted by atomic mass is 15.3. The van der Waals surface area contributed by atoms with E-state index < -0.39 is 0 Å². The second-order valence-corrected chi connectivity index (χ2v) is 3.95. The van der Waals surface area contributed by atoms with E-state index >= 15 is 0 Å². The summed E-state index contributed by atoms with van der Waals surface area (Å²) in [6.07, 6.45) is 2.99. The van der Waals surface area contributed by atoms with Gasteiger partial charge in [0.1, 0.15) is 0 Å². The minimum absolute atomic E-state index is 0.193. The van der Waals surface area contributed by atoms with Crippen molar-refractivity contribution in [2.45, 2.75) is 33.2 Å². The quantitative estimate of drug-likeness (QED) is 0.561. The fourth-order valence-corrected chi connectivity index (χ4v) is 1.73. The van der Waals surface area contributed by atoms with E-state index in [2.05, 4.69) is 31.3 Å². The van der Waals surface area contributed by atoms with Crippen molar-refractivity contribution in [3.8, 4) is 0 Å². The number of nitrogens with one attached hydrogen (secondary N) is 1. The van der Waals surface area contributed by atoms with Crippen LogP contribution in [0.2, 0.25) is 0 Å². The molecule has 0 saturated carbocycles. The van der Waals surface area contributed by atoms with Crippen LogP contribution < -0.4 is 11.3 Å². The van der Waals surface area contributed by atoms with Crippen LogP contribution in [-0.2, 0) is 13.5 Å². The van der Waals surface area contributed by atoms with Crippen LogP contribution in [-0.4, -0.2) is 9.78 Å². The summed E-state index contributed by atoms with van der Waals surface area (Å²) < 4.78 is 1.85. The van der Waals surface area contributed by atoms with Crippen molar-refractivity contribution in [3.05, 3.63) is 17.5 Å². The molecule has 1 heterocycles. The number of rotatable bonds is 4. The third-order valence-corrected chi connectivity index (χ3v) is 2.45. The maximum atomic E-state index is 5.55. The van der Waals surface area contributed by atoms with E-state index in [4.69, 9.17) is 5.84 Å². The molecule has 0 aliphatic heterocycles. The van der Waals surface area contributed by atoms with Gasteiger partial charge in [0.05, 0.1) is 11.7 Å². The lowest BCUT2D eigenvalue weighted by Crippen LogP contribution is -2.31. The van der Waals surface area contributed by atoms with E-state index in [0.717, 1.165) is 12.1 Å². The summed E-state index contributed by atoms with van der Waals surface area (Å²) in [5.41, 5.74) is 5.20. The van der Waals surface area contributed by atoms with Crippen molar-refractivity contribution in [3.63, 3.8) is 0 Å². The molecule has 14 heavy (non-hydrogen) atoms. The summed E-state index contributed by atoms with van der Waals surface area (Å²) in [5.74, 6) is 6.02. The third-order valence-electron chi connectivity index (χ3n) is 2.45. The first-order chi connectivity index (χ1) is 6.60. The van der Waals surface area contributed by atoms with E-state index in [-0.39, 0.29) is 6.04 Å². The molecule has 1 atom stereocenters. The molecule has 0 amide bonds. The lowest BCUT2D eigenvalue weighted by Gasteiger charge is -2.19. The Morgan fingerprint density at radius 1 is 1.57 bits per heavy atom. The number of hydrazine groups is 1. The van der Waals surface area contributed by atoms with Crippen LogP contribution in [0, 0.1) is 5.92 Å². The van der Waals surface area contributed by atoms with Crippen LogP contribution in [0.25, 0.3) is 0 Å². The van der Waals surface area contributed by atoms with Gasteiger partial charge in [0.2, 0.25) is 0 Å². The van der Waals surface area contributed by atoms with Gasteiger partial charge in [-0.15, -0.1) is 0 Å². The molecule has 0 radical (unpaired) electrons. The molecule has 0 aliphatic rings. The minimum Gasteiger partial charge on any atom is -0.275 e. The molecule has 0 saturated heterocycles. The number of nitrogens with two attached hydrogens (primary N) is 1. The zero-order chi connectivity index (χ0) is 10.7. The van der Waals surface area contributed by atoms with Crippen molar-refractivity contribution >= 4 is 0 Å². The van der Waals surface area contributed by atoms with Crippen LogP contribution in [0.5, 0.6) is 0 Å². The van der Waals surface area contributed by atoms with E-state index in [9.17, 15) is 0 Å². The Morgan fingerprint density at radius 2 is 2.21 bits per heavy atom. The first-order valence-electron chi connectivity index (χ1n) is 5.08. The monoisotopic (exact) mass is 196 g/mol. The van der Waals surface area contributed by atoms with Gasteiger partial charge < -0.3 is 0 Å². The summed E-state index contributed by atoms with van der Waals surface area (Å²) in [7, 11) is 1.94. The summed E-state index contributed by atoms with van der Waals surface area (Å²) in [4.78, 5) is 0. The molecule has 1 unspecified atom stereocenters. The zero-order valence-electron chi connectivity index (χ0n) is 9.41. The summed E-state index contributed by atoms with van der Waals surface area (Å²) >= 11 is 0. The number of aryl methyl sites for hydroxylation is 2. The third kappa shape index (κ3) is 2.13. The number of nitrogens with zero attached hydrogens (tertiary/aromatic N) is 2. The van der Waals surface area contributed by atoms with Crippen molar-refractivity contribution in [2.24, 2.45) is 18.8 Å². The van der Waals surface area contributed by atoms with Crippen molar-refractivity contribution < 1.29 is 0 Å². The molecular formula is C10H20N4. The molecule has 80 valence electrons. The van der Waals surface area contributed by atoms with Crippen LogP contribution in [0.3, 0.4) is 0 Å². The summed E-state index contributed by atoms with van der Waals surface area (Å²) in [5, 5.41) is 4.40. The summed E-state index contributed by atoms with van der Waals surface area (Å²) in [6.45, 7) is 6.41. The van der Waals surface area contributed by atoms with Gasteiger partial charge in [-0.25, -0.2) is 0 Å². The van der Waals surface area contributed by atoms with Gasteiger partial charge in [-0.3, -0.25) is 16.0 Å². The molecule has 0 aromatic carbocycles.